The van der Waals surface area contributed by atoms with E-state index in [1.807, 2.05) is 26.8 Å². The standard InChI is InChI=1S/C15H26N2O2S2/c1-5-16-10-14-8-7-9-15(13(14)4)21(18,19)17-12(3)11-20-6-2/h7-9,12,16-17H,5-6,10-11H2,1-4H3. The minimum atomic E-state index is -3.46. The molecule has 21 heavy (non-hydrogen) atoms. The molecule has 1 rings (SSSR count). The number of thioether (sulfide) groups is 1. The Morgan fingerprint density at radius 3 is 2.62 bits per heavy atom. The van der Waals surface area contributed by atoms with Crippen molar-refractivity contribution in [2.45, 2.75) is 45.2 Å². The average Bonchev–Trinajstić information content (AvgIpc) is 2.43. The maximum absolute atomic E-state index is 12.5. The maximum atomic E-state index is 12.5. The van der Waals surface area contributed by atoms with E-state index < -0.39 is 10.0 Å². The van der Waals surface area contributed by atoms with Gasteiger partial charge in [0.2, 0.25) is 10.0 Å². The molecule has 1 atom stereocenters. The largest absolute Gasteiger partial charge is 0.313 e. The first-order valence-electron chi connectivity index (χ1n) is 7.31. The first-order valence-corrected chi connectivity index (χ1v) is 9.95. The summed E-state index contributed by atoms with van der Waals surface area (Å²) in [7, 11) is -3.46. The van der Waals surface area contributed by atoms with E-state index in [1.165, 1.54) is 0 Å². The fraction of sp³-hybridized carbons (Fsp3) is 0.600. The van der Waals surface area contributed by atoms with E-state index in [0.29, 0.717) is 11.4 Å². The molecular formula is C15H26N2O2S2. The summed E-state index contributed by atoms with van der Waals surface area (Å²) in [5, 5.41) is 3.23. The van der Waals surface area contributed by atoms with Crippen LogP contribution in [0.2, 0.25) is 0 Å². The Balaban J connectivity index is 2.92. The van der Waals surface area contributed by atoms with E-state index in [0.717, 1.165) is 29.2 Å². The monoisotopic (exact) mass is 330 g/mol. The van der Waals surface area contributed by atoms with Gasteiger partial charge in [-0.3, -0.25) is 0 Å². The highest BCUT2D eigenvalue weighted by atomic mass is 32.2. The number of sulfonamides is 1. The molecule has 0 saturated carbocycles. The molecule has 0 aliphatic rings. The number of benzene rings is 1. The normalized spacial score (nSPS) is 13.3. The van der Waals surface area contributed by atoms with Gasteiger partial charge in [-0.25, -0.2) is 13.1 Å². The summed E-state index contributed by atoms with van der Waals surface area (Å²) < 4.78 is 27.8. The van der Waals surface area contributed by atoms with Crippen LogP contribution in [0.1, 0.15) is 31.9 Å². The van der Waals surface area contributed by atoms with Gasteiger partial charge in [-0.05, 0) is 43.3 Å². The van der Waals surface area contributed by atoms with Crippen LogP contribution in [0.25, 0.3) is 0 Å². The van der Waals surface area contributed by atoms with Gasteiger partial charge in [0.15, 0.2) is 0 Å². The number of hydrogen-bond acceptors (Lipinski definition) is 4. The van der Waals surface area contributed by atoms with Crippen LogP contribution in [0.3, 0.4) is 0 Å². The van der Waals surface area contributed by atoms with Gasteiger partial charge >= 0.3 is 0 Å². The van der Waals surface area contributed by atoms with Gasteiger partial charge in [-0.2, -0.15) is 11.8 Å². The molecule has 0 aromatic heterocycles. The average molecular weight is 331 g/mol. The fourth-order valence-electron chi connectivity index (χ4n) is 2.06. The van der Waals surface area contributed by atoms with Gasteiger partial charge in [-0.15, -0.1) is 0 Å². The Hall–Kier alpha value is -0.560. The predicted molar refractivity (Wildman–Crippen MR) is 91.3 cm³/mol. The highest BCUT2D eigenvalue weighted by Crippen LogP contribution is 2.19. The van der Waals surface area contributed by atoms with Crippen molar-refractivity contribution in [1.82, 2.24) is 10.0 Å². The molecule has 0 fully saturated rings. The number of nitrogens with one attached hydrogen (secondary N) is 2. The second-order valence-electron chi connectivity index (χ2n) is 5.00. The van der Waals surface area contributed by atoms with Gasteiger partial charge in [-0.1, -0.05) is 26.0 Å². The smallest absolute Gasteiger partial charge is 0.241 e. The zero-order chi connectivity index (χ0) is 15.9. The zero-order valence-corrected chi connectivity index (χ0v) is 14.9. The molecule has 2 N–H and O–H groups in total. The Bertz CT molecular complexity index is 545. The minimum absolute atomic E-state index is 0.0724. The maximum Gasteiger partial charge on any atom is 0.241 e. The van der Waals surface area contributed by atoms with Gasteiger partial charge in [0, 0.05) is 18.3 Å². The lowest BCUT2D eigenvalue weighted by Crippen LogP contribution is -2.34. The van der Waals surface area contributed by atoms with Crippen molar-refractivity contribution in [3.8, 4) is 0 Å². The van der Waals surface area contributed by atoms with Crippen molar-refractivity contribution in [2.24, 2.45) is 0 Å². The molecule has 0 amide bonds. The van der Waals surface area contributed by atoms with Gasteiger partial charge in [0.25, 0.3) is 0 Å². The second-order valence-corrected chi connectivity index (χ2v) is 8.00. The van der Waals surface area contributed by atoms with Crippen molar-refractivity contribution >= 4 is 21.8 Å². The van der Waals surface area contributed by atoms with Crippen molar-refractivity contribution in [1.29, 1.82) is 0 Å². The van der Waals surface area contributed by atoms with Crippen LogP contribution in [0, 0.1) is 6.92 Å². The van der Waals surface area contributed by atoms with Crippen LogP contribution in [-0.2, 0) is 16.6 Å². The van der Waals surface area contributed by atoms with E-state index in [9.17, 15) is 8.42 Å². The van der Waals surface area contributed by atoms with E-state index in [-0.39, 0.29) is 6.04 Å². The van der Waals surface area contributed by atoms with E-state index in [1.54, 1.807) is 23.9 Å². The van der Waals surface area contributed by atoms with Gasteiger partial charge in [0.05, 0.1) is 4.90 Å². The molecule has 1 unspecified atom stereocenters. The molecule has 6 heteroatoms. The summed E-state index contributed by atoms with van der Waals surface area (Å²) in [5.74, 6) is 1.77. The summed E-state index contributed by atoms with van der Waals surface area (Å²) in [4.78, 5) is 0.381. The van der Waals surface area contributed by atoms with Gasteiger partial charge < -0.3 is 5.32 Å². The summed E-state index contributed by atoms with van der Waals surface area (Å²) in [6, 6.07) is 5.37. The molecule has 120 valence electrons. The molecule has 0 saturated heterocycles. The molecule has 1 aromatic rings. The fourth-order valence-corrected chi connectivity index (χ4v) is 4.37. The molecule has 0 aliphatic heterocycles. The first kappa shape index (κ1) is 18.5. The predicted octanol–water partition coefficient (Wildman–Crippen LogP) is 2.52. The highest BCUT2D eigenvalue weighted by Gasteiger charge is 2.20. The minimum Gasteiger partial charge on any atom is -0.313 e. The van der Waals surface area contributed by atoms with Crippen LogP contribution in [0.15, 0.2) is 23.1 Å². The Morgan fingerprint density at radius 2 is 2.00 bits per heavy atom. The van der Waals surface area contributed by atoms with E-state index >= 15 is 0 Å². The topological polar surface area (TPSA) is 58.2 Å². The van der Waals surface area contributed by atoms with E-state index in [2.05, 4.69) is 17.0 Å². The number of rotatable bonds is 9. The second kappa shape index (κ2) is 8.78. The third kappa shape index (κ3) is 5.62. The van der Waals surface area contributed by atoms with Crippen LogP contribution < -0.4 is 10.0 Å². The lowest BCUT2D eigenvalue weighted by Gasteiger charge is -2.16. The van der Waals surface area contributed by atoms with Crippen LogP contribution in [0.5, 0.6) is 0 Å². The molecule has 4 nitrogen and oxygen atoms in total. The SMILES string of the molecule is CCNCc1cccc(S(=O)(=O)NC(C)CSCC)c1C. The highest BCUT2D eigenvalue weighted by molar-refractivity contribution is 7.99. The van der Waals surface area contributed by atoms with Crippen molar-refractivity contribution in [3.05, 3.63) is 29.3 Å². The first-order chi connectivity index (χ1) is 9.92. The molecule has 0 heterocycles. The molecule has 0 spiro atoms. The Morgan fingerprint density at radius 1 is 1.29 bits per heavy atom. The molecule has 1 aromatic carbocycles. The van der Waals surface area contributed by atoms with Crippen molar-refractivity contribution in [3.63, 3.8) is 0 Å². The number of hydrogen-bond donors (Lipinski definition) is 2. The quantitative estimate of drug-likeness (QED) is 0.730. The van der Waals surface area contributed by atoms with E-state index in [4.69, 9.17) is 0 Å². The van der Waals surface area contributed by atoms with Crippen molar-refractivity contribution in [2.75, 3.05) is 18.1 Å². The summed E-state index contributed by atoms with van der Waals surface area (Å²) in [5.41, 5.74) is 1.84. The zero-order valence-electron chi connectivity index (χ0n) is 13.3. The van der Waals surface area contributed by atoms with Gasteiger partial charge in [0.1, 0.15) is 0 Å². The third-order valence-electron chi connectivity index (χ3n) is 3.18. The van der Waals surface area contributed by atoms with Crippen LogP contribution in [-0.4, -0.2) is 32.5 Å². The third-order valence-corrected chi connectivity index (χ3v) is 6.06. The molecule has 0 radical (unpaired) electrons. The lowest BCUT2D eigenvalue weighted by molar-refractivity contribution is 0.570. The molecule has 0 bridgehead atoms. The van der Waals surface area contributed by atoms with Crippen molar-refractivity contribution < 1.29 is 8.42 Å². The molecular weight excluding hydrogens is 304 g/mol. The van der Waals surface area contributed by atoms with Crippen LogP contribution in [0.4, 0.5) is 0 Å². The Labute approximate surface area is 133 Å². The Kier molecular flexibility index (Phi) is 7.73. The summed E-state index contributed by atoms with van der Waals surface area (Å²) >= 11 is 1.73. The van der Waals surface area contributed by atoms with Crippen LogP contribution >= 0.6 is 11.8 Å². The molecule has 0 aliphatic carbocycles. The lowest BCUT2D eigenvalue weighted by atomic mass is 10.1. The summed E-state index contributed by atoms with van der Waals surface area (Å²) in [6.45, 7) is 9.42. The summed E-state index contributed by atoms with van der Waals surface area (Å²) in [6.07, 6.45) is 0.